The third kappa shape index (κ3) is 5.83. The predicted molar refractivity (Wildman–Crippen MR) is 158 cm³/mol. The molecule has 0 saturated carbocycles. The van der Waals surface area contributed by atoms with Gasteiger partial charge in [0, 0.05) is 45.8 Å². The van der Waals surface area contributed by atoms with Crippen LogP contribution in [0.15, 0.2) is 58.2 Å². The predicted octanol–water partition coefficient (Wildman–Crippen LogP) is 6.92. The van der Waals surface area contributed by atoms with Gasteiger partial charge < -0.3 is 10.2 Å². The molecule has 9 heteroatoms. The number of nitrogens with zero attached hydrogens (tertiary/aromatic N) is 4. The number of nitrogens with one attached hydrogen (secondary N) is 2. The first-order valence-corrected chi connectivity index (χ1v) is 14.7. The van der Waals surface area contributed by atoms with Gasteiger partial charge in [0.1, 0.15) is 16.7 Å². The van der Waals surface area contributed by atoms with Crippen molar-refractivity contribution in [3.8, 4) is 0 Å². The number of anilines is 2. The quantitative estimate of drug-likeness (QED) is 0.296. The van der Waals surface area contributed by atoms with E-state index in [0.717, 1.165) is 53.3 Å². The number of rotatable bonds is 1. The molecule has 0 radical (unpaired) electrons. The zero-order valence-electron chi connectivity index (χ0n) is 22.6. The molecule has 1 fully saturated rings. The van der Waals surface area contributed by atoms with Gasteiger partial charge in [-0.25, -0.2) is 9.97 Å². The summed E-state index contributed by atoms with van der Waals surface area (Å²) in [5.41, 5.74) is 2.32. The molecule has 0 spiro atoms. The summed E-state index contributed by atoms with van der Waals surface area (Å²) in [4.78, 5) is 30.4. The maximum absolute atomic E-state index is 13.5. The normalized spacial score (nSPS) is 21.5. The number of pyridine rings is 3. The molecule has 38 heavy (non-hydrogen) atoms. The lowest BCUT2D eigenvalue weighted by molar-refractivity contribution is 0.0984. The molecule has 2 atom stereocenters. The van der Waals surface area contributed by atoms with Crippen molar-refractivity contribution < 1.29 is 4.79 Å². The number of aromatic nitrogens is 3. The summed E-state index contributed by atoms with van der Waals surface area (Å²) >= 11 is 4.73. The van der Waals surface area contributed by atoms with Crippen LogP contribution in [-0.4, -0.2) is 32.9 Å². The Labute approximate surface area is 237 Å². The molecule has 0 aromatic carbocycles. The lowest BCUT2D eigenvalue weighted by Crippen LogP contribution is -2.40. The summed E-state index contributed by atoms with van der Waals surface area (Å²) in [5.74, 6) is 1.83. The Morgan fingerprint density at radius 1 is 1.08 bits per heavy atom. The van der Waals surface area contributed by atoms with Crippen LogP contribution in [0.3, 0.4) is 0 Å². The number of halogens is 1. The van der Waals surface area contributed by atoms with Crippen LogP contribution >= 0.6 is 27.9 Å². The molecule has 1 amide bonds. The Bertz CT molecular complexity index is 1320. The van der Waals surface area contributed by atoms with E-state index in [9.17, 15) is 4.79 Å². The highest BCUT2D eigenvalue weighted by atomic mass is 79.9. The number of fused-ring (bicyclic) bond motifs is 6. The van der Waals surface area contributed by atoms with Gasteiger partial charge in [-0.2, -0.15) is 0 Å². The van der Waals surface area contributed by atoms with Crippen LogP contribution in [-0.2, 0) is 5.41 Å². The standard InChI is InChI=1S/C29H35BrN6OS/c1-28(2,3)23-14-11-20-26(33-23)36-17-18(15-29(36,4)5)9-12-22(21-13-10-19(30)16-31-21)32-24-7-6-8-25(34-24)38-35-27(20)37/h6-8,10-11,13-14,16,18,22H,9,12,15,17H2,1-5H3,(H,32,34)(H,35,37)/t18-,22?/m0/s1. The zero-order chi connectivity index (χ0) is 27.1. The second-order valence-electron chi connectivity index (χ2n) is 11.9. The van der Waals surface area contributed by atoms with Gasteiger partial charge in [-0.15, -0.1) is 0 Å². The molecule has 3 aromatic rings. The lowest BCUT2D eigenvalue weighted by atomic mass is 9.90. The summed E-state index contributed by atoms with van der Waals surface area (Å²) in [6.07, 6.45) is 4.81. The van der Waals surface area contributed by atoms with Gasteiger partial charge in [0.15, 0.2) is 0 Å². The average Bonchev–Trinajstić information content (AvgIpc) is 3.18. The smallest absolute Gasteiger partial charge is 0.265 e. The van der Waals surface area contributed by atoms with Crippen LogP contribution in [0, 0.1) is 5.92 Å². The minimum atomic E-state index is -0.163. The van der Waals surface area contributed by atoms with E-state index in [1.807, 2.05) is 42.6 Å². The minimum absolute atomic E-state index is 0.0191. The third-order valence-corrected chi connectivity index (χ3v) is 8.56. The van der Waals surface area contributed by atoms with E-state index < -0.39 is 0 Å². The Balaban J connectivity index is 1.55. The van der Waals surface area contributed by atoms with Crippen LogP contribution in [0.4, 0.5) is 11.6 Å². The summed E-state index contributed by atoms with van der Waals surface area (Å²) in [7, 11) is 0. The maximum Gasteiger partial charge on any atom is 0.265 e. The molecule has 1 saturated heterocycles. The number of amides is 1. The Morgan fingerprint density at radius 3 is 2.63 bits per heavy atom. The SMILES string of the molecule is CC(C)(C)c1ccc2c(n1)N1C[C@@H](CCC(c3ccc(Br)cn3)Nc3cccc(n3)SNC2=O)CC1(C)C. The molecule has 2 aliphatic heterocycles. The van der Waals surface area contributed by atoms with Crippen molar-refractivity contribution in [2.45, 2.75) is 75.9 Å². The molecule has 5 rings (SSSR count). The van der Waals surface area contributed by atoms with Crippen LogP contribution in [0.1, 0.15) is 81.7 Å². The highest BCUT2D eigenvalue weighted by Crippen LogP contribution is 2.41. The number of carbonyl (C=O) groups excluding carboxylic acids is 1. The van der Waals surface area contributed by atoms with Crippen molar-refractivity contribution in [1.82, 2.24) is 19.7 Å². The number of carbonyl (C=O) groups is 1. The van der Waals surface area contributed by atoms with E-state index in [0.29, 0.717) is 16.5 Å². The topological polar surface area (TPSA) is 83.0 Å². The van der Waals surface area contributed by atoms with Gasteiger partial charge in [-0.1, -0.05) is 26.8 Å². The van der Waals surface area contributed by atoms with Crippen molar-refractivity contribution in [3.63, 3.8) is 0 Å². The summed E-state index contributed by atoms with van der Waals surface area (Å²) in [6, 6.07) is 13.8. The van der Waals surface area contributed by atoms with E-state index in [2.05, 4.69) is 71.6 Å². The van der Waals surface area contributed by atoms with Gasteiger partial charge in [0.25, 0.3) is 5.91 Å². The van der Waals surface area contributed by atoms with Crippen molar-refractivity contribution >= 4 is 45.4 Å². The molecule has 2 N–H and O–H groups in total. The van der Waals surface area contributed by atoms with Gasteiger partial charge in [-0.05, 0) is 91.4 Å². The van der Waals surface area contributed by atoms with Crippen molar-refractivity contribution in [1.29, 1.82) is 0 Å². The molecular formula is C29H35BrN6OS. The largest absolute Gasteiger partial charge is 0.362 e. The fourth-order valence-corrected chi connectivity index (χ4v) is 6.21. The van der Waals surface area contributed by atoms with Crippen LogP contribution in [0.25, 0.3) is 0 Å². The van der Waals surface area contributed by atoms with Crippen LogP contribution in [0.2, 0.25) is 0 Å². The number of hydrogen-bond acceptors (Lipinski definition) is 7. The molecule has 1 unspecified atom stereocenters. The fourth-order valence-electron chi connectivity index (χ4n) is 5.38. The molecule has 7 nitrogen and oxygen atoms in total. The average molecular weight is 596 g/mol. The minimum Gasteiger partial charge on any atom is -0.362 e. The molecular weight excluding hydrogens is 560 g/mol. The van der Waals surface area contributed by atoms with Gasteiger partial charge >= 0.3 is 0 Å². The Kier molecular flexibility index (Phi) is 7.44. The molecule has 2 aliphatic rings. The molecule has 3 aromatic heterocycles. The van der Waals surface area contributed by atoms with Gasteiger partial charge in [0.2, 0.25) is 0 Å². The van der Waals surface area contributed by atoms with Gasteiger partial charge in [0.05, 0.1) is 17.3 Å². The van der Waals surface area contributed by atoms with Crippen LogP contribution < -0.4 is 14.9 Å². The molecule has 4 bridgehead atoms. The molecule has 0 aliphatic carbocycles. The van der Waals surface area contributed by atoms with E-state index in [1.165, 1.54) is 11.9 Å². The first-order chi connectivity index (χ1) is 18.0. The lowest BCUT2D eigenvalue weighted by Gasteiger charge is -2.34. The molecule has 5 heterocycles. The third-order valence-electron chi connectivity index (χ3n) is 7.37. The molecule has 200 valence electrons. The van der Waals surface area contributed by atoms with Crippen molar-refractivity contribution in [3.05, 3.63) is 70.1 Å². The van der Waals surface area contributed by atoms with Crippen molar-refractivity contribution in [2.75, 3.05) is 16.8 Å². The Morgan fingerprint density at radius 2 is 1.89 bits per heavy atom. The van der Waals surface area contributed by atoms with E-state index in [1.54, 1.807) is 0 Å². The summed E-state index contributed by atoms with van der Waals surface area (Å²) in [5, 5.41) is 4.33. The van der Waals surface area contributed by atoms with Crippen molar-refractivity contribution in [2.24, 2.45) is 5.92 Å². The highest BCUT2D eigenvalue weighted by molar-refractivity contribution is 9.10. The monoisotopic (exact) mass is 594 g/mol. The first-order valence-electron chi connectivity index (χ1n) is 13.1. The van der Waals surface area contributed by atoms with Gasteiger partial charge in [-0.3, -0.25) is 14.5 Å². The van der Waals surface area contributed by atoms with E-state index in [4.69, 9.17) is 15.0 Å². The second kappa shape index (κ2) is 10.5. The van der Waals surface area contributed by atoms with Crippen LogP contribution in [0.5, 0.6) is 0 Å². The fraction of sp³-hybridized carbons (Fsp3) is 0.448. The highest BCUT2D eigenvalue weighted by Gasteiger charge is 2.41. The van der Waals surface area contributed by atoms with E-state index in [-0.39, 0.29) is 22.9 Å². The zero-order valence-corrected chi connectivity index (χ0v) is 25.0. The summed E-state index contributed by atoms with van der Waals surface area (Å²) < 4.78 is 3.97. The maximum atomic E-state index is 13.5. The van der Waals surface area contributed by atoms with E-state index >= 15 is 0 Å². The first kappa shape index (κ1) is 26.9. The summed E-state index contributed by atoms with van der Waals surface area (Å²) in [6.45, 7) is 11.9. The second-order valence-corrected chi connectivity index (χ2v) is 13.6. The Hall–Kier alpha value is -2.65. The number of hydrogen-bond donors (Lipinski definition) is 2.